The predicted octanol–water partition coefficient (Wildman–Crippen LogP) is 4.12. The van der Waals surface area contributed by atoms with Crippen LogP contribution in [0, 0.1) is 5.92 Å². The Morgan fingerprint density at radius 3 is 2.86 bits per heavy atom. The first-order valence-corrected chi connectivity index (χ1v) is 8.17. The Bertz CT molecular complexity index is 497. The van der Waals surface area contributed by atoms with Crippen LogP contribution in [0.25, 0.3) is 0 Å². The Morgan fingerprint density at radius 2 is 2.14 bits per heavy atom. The van der Waals surface area contributed by atoms with Gasteiger partial charge < -0.3 is 14.6 Å². The molecule has 4 heteroatoms. The van der Waals surface area contributed by atoms with Crippen molar-refractivity contribution in [1.82, 2.24) is 0 Å². The minimum absolute atomic E-state index is 0.0174. The molecule has 0 amide bonds. The lowest BCUT2D eigenvalue weighted by Crippen LogP contribution is -2.39. The number of rotatable bonds is 3. The second kappa shape index (κ2) is 6.15. The highest BCUT2D eigenvalue weighted by molar-refractivity contribution is 6.30. The van der Waals surface area contributed by atoms with Crippen LogP contribution in [-0.2, 0) is 4.74 Å². The number of halogens is 1. The highest BCUT2D eigenvalue weighted by atomic mass is 35.5. The Kier molecular flexibility index (Phi) is 4.43. The van der Waals surface area contributed by atoms with Crippen molar-refractivity contribution in [2.75, 3.05) is 13.7 Å². The Hall–Kier alpha value is -0.770. The molecule has 1 aromatic carbocycles. The largest absolute Gasteiger partial charge is 0.496 e. The van der Waals surface area contributed by atoms with Crippen LogP contribution in [0.15, 0.2) is 18.2 Å². The molecule has 2 atom stereocenters. The van der Waals surface area contributed by atoms with Gasteiger partial charge in [-0.2, -0.15) is 0 Å². The summed E-state index contributed by atoms with van der Waals surface area (Å²) >= 11 is 6.00. The van der Waals surface area contributed by atoms with Gasteiger partial charge >= 0.3 is 0 Å². The molecule has 21 heavy (non-hydrogen) atoms. The van der Waals surface area contributed by atoms with E-state index in [-0.39, 0.29) is 11.5 Å². The molecule has 2 unspecified atom stereocenters. The lowest BCUT2D eigenvalue weighted by Gasteiger charge is -2.40. The van der Waals surface area contributed by atoms with Gasteiger partial charge in [-0.3, -0.25) is 0 Å². The van der Waals surface area contributed by atoms with Crippen LogP contribution in [0.5, 0.6) is 5.75 Å². The lowest BCUT2D eigenvalue weighted by molar-refractivity contribution is -0.113. The molecule has 1 saturated heterocycles. The van der Waals surface area contributed by atoms with Crippen LogP contribution in [0.2, 0.25) is 5.02 Å². The van der Waals surface area contributed by atoms with Gasteiger partial charge in [-0.05, 0) is 43.7 Å². The second-order valence-corrected chi connectivity index (χ2v) is 6.76. The quantitative estimate of drug-likeness (QED) is 0.912. The van der Waals surface area contributed by atoms with Crippen LogP contribution in [0.4, 0.5) is 0 Å². The SMILES string of the molecule is COc1cc(Cl)ccc1C(O)C1CCOC2(CCCC2)C1. The van der Waals surface area contributed by atoms with Gasteiger partial charge in [-0.1, -0.05) is 30.5 Å². The molecule has 3 rings (SSSR count). The second-order valence-electron chi connectivity index (χ2n) is 6.32. The maximum atomic E-state index is 10.8. The number of ether oxygens (including phenoxy) is 2. The third-order valence-corrected chi connectivity index (χ3v) is 5.24. The zero-order chi connectivity index (χ0) is 14.9. The molecular formula is C17H23ClO3. The van der Waals surface area contributed by atoms with E-state index < -0.39 is 6.10 Å². The summed E-state index contributed by atoms with van der Waals surface area (Å²) in [5, 5.41) is 11.4. The van der Waals surface area contributed by atoms with E-state index in [1.807, 2.05) is 12.1 Å². The van der Waals surface area contributed by atoms with E-state index in [1.54, 1.807) is 13.2 Å². The molecule has 2 aliphatic rings. The molecule has 1 spiro atoms. The van der Waals surface area contributed by atoms with Gasteiger partial charge in [0.15, 0.2) is 0 Å². The minimum Gasteiger partial charge on any atom is -0.496 e. The van der Waals surface area contributed by atoms with E-state index in [9.17, 15) is 5.11 Å². The number of aliphatic hydroxyl groups excluding tert-OH is 1. The van der Waals surface area contributed by atoms with Gasteiger partial charge in [-0.25, -0.2) is 0 Å². The molecule has 0 bridgehead atoms. The maximum Gasteiger partial charge on any atom is 0.126 e. The van der Waals surface area contributed by atoms with Gasteiger partial charge in [0.1, 0.15) is 5.75 Å². The summed E-state index contributed by atoms with van der Waals surface area (Å²) < 4.78 is 11.4. The number of aliphatic hydroxyl groups is 1. The third kappa shape index (κ3) is 3.05. The summed E-state index contributed by atoms with van der Waals surface area (Å²) in [6, 6.07) is 5.46. The van der Waals surface area contributed by atoms with E-state index in [0.29, 0.717) is 10.8 Å². The lowest BCUT2D eigenvalue weighted by atomic mass is 9.79. The Balaban J connectivity index is 1.79. The third-order valence-electron chi connectivity index (χ3n) is 5.01. The number of benzene rings is 1. The summed E-state index contributed by atoms with van der Waals surface area (Å²) in [5.41, 5.74) is 0.853. The molecule has 116 valence electrons. The Labute approximate surface area is 131 Å². The molecule has 0 aromatic heterocycles. The van der Waals surface area contributed by atoms with Crippen molar-refractivity contribution in [2.45, 2.75) is 50.2 Å². The van der Waals surface area contributed by atoms with Gasteiger partial charge in [0, 0.05) is 17.2 Å². The zero-order valence-corrected chi connectivity index (χ0v) is 13.2. The van der Waals surface area contributed by atoms with Crippen molar-refractivity contribution in [1.29, 1.82) is 0 Å². The summed E-state index contributed by atoms with van der Waals surface area (Å²) in [6.45, 7) is 0.748. The van der Waals surface area contributed by atoms with Crippen molar-refractivity contribution in [3.05, 3.63) is 28.8 Å². The zero-order valence-electron chi connectivity index (χ0n) is 12.5. The van der Waals surface area contributed by atoms with E-state index in [0.717, 1.165) is 37.9 Å². The van der Waals surface area contributed by atoms with E-state index in [4.69, 9.17) is 21.1 Å². The van der Waals surface area contributed by atoms with Crippen molar-refractivity contribution in [2.24, 2.45) is 5.92 Å². The molecule has 1 saturated carbocycles. The van der Waals surface area contributed by atoms with Crippen molar-refractivity contribution < 1.29 is 14.6 Å². The molecule has 1 aliphatic heterocycles. The number of methoxy groups -OCH3 is 1. The molecule has 0 radical (unpaired) electrons. The topological polar surface area (TPSA) is 38.7 Å². The van der Waals surface area contributed by atoms with Gasteiger partial charge in [0.2, 0.25) is 0 Å². The molecule has 1 aliphatic carbocycles. The summed E-state index contributed by atoms with van der Waals surface area (Å²) in [5.74, 6) is 0.897. The molecule has 2 fully saturated rings. The molecule has 3 nitrogen and oxygen atoms in total. The first kappa shape index (κ1) is 15.1. The summed E-state index contributed by atoms with van der Waals surface area (Å²) in [6.07, 6.45) is 6.08. The van der Waals surface area contributed by atoms with Crippen LogP contribution in [0.3, 0.4) is 0 Å². The number of hydrogen-bond acceptors (Lipinski definition) is 3. The maximum absolute atomic E-state index is 10.8. The fraction of sp³-hybridized carbons (Fsp3) is 0.647. The average Bonchev–Trinajstić information content (AvgIpc) is 2.94. The van der Waals surface area contributed by atoms with Gasteiger partial charge in [-0.15, -0.1) is 0 Å². The highest BCUT2D eigenvalue weighted by Gasteiger charge is 2.42. The first-order chi connectivity index (χ1) is 10.1. The van der Waals surface area contributed by atoms with Crippen molar-refractivity contribution >= 4 is 11.6 Å². The van der Waals surface area contributed by atoms with Crippen molar-refractivity contribution in [3.63, 3.8) is 0 Å². The fourth-order valence-corrected chi connectivity index (χ4v) is 4.05. The molecule has 1 heterocycles. The van der Waals surface area contributed by atoms with Crippen LogP contribution < -0.4 is 4.74 Å². The van der Waals surface area contributed by atoms with Gasteiger partial charge in [0.05, 0.1) is 18.8 Å². The normalized spacial score (nSPS) is 26.0. The van der Waals surface area contributed by atoms with Gasteiger partial charge in [0.25, 0.3) is 0 Å². The molecule has 1 N–H and O–H groups in total. The van der Waals surface area contributed by atoms with E-state index >= 15 is 0 Å². The Morgan fingerprint density at radius 1 is 1.38 bits per heavy atom. The average molecular weight is 311 g/mol. The van der Waals surface area contributed by atoms with E-state index in [2.05, 4.69) is 0 Å². The molecule has 1 aromatic rings. The van der Waals surface area contributed by atoms with Crippen LogP contribution in [-0.4, -0.2) is 24.4 Å². The summed E-state index contributed by atoms with van der Waals surface area (Å²) in [4.78, 5) is 0. The van der Waals surface area contributed by atoms with Crippen LogP contribution >= 0.6 is 11.6 Å². The molecular weight excluding hydrogens is 288 g/mol. The summed E-state index contributed by atoms with van der Waals surface area (Å²) in [7, 11) is 1.62. The smallest absolute Gasteiger partial charge is 0.126 e. The fourth-order valence-electron chi connectivity index (χ4n) is 3.89. The number of hydrogen-bond donors (Lipinski definition) is 1. The predicted molar refractivity (Wildman–Crippen MR) is 82.8 cm³/mol. The standard InChI is InChI=1S/C17H23ClO3/c1-20-15-10-13(18)4-5-14(15)16(19)12-6-9-21-17(11-12)7-2-3-8-17/h4-5,10,12,16,19H,2-3,6-9,11H2,1H3. The minimum atomic E-state index is -0.515. The van der Waals surface area contributed by atoms with E-state index in [1.165, 1.54) is 12.8 Å². The first-order valence-electron chi connectivity index (χ1n) is 7.79. The highest BCUT2D eigenvalue weighted by Crippen LogP contribution is 2.46. The van der Waals surface area contributed by atoms with Crippen molar-refractivity contribution in [3.8, 4) is 5.75 Å². The van der Waals surface area contributed by atoms with Crippen LogP contribution in [0.1, 0.15) is 50.2 Å². The monoisotopic (exact) mass is 310 g/mol.